The summed E-state index contributed by atoms with van der Waals surface area (Å²) in [5.41, 5.74) is 5.12. The van der Waals surface area contributed by atoms with Crippen LogP contribution >= 0.6 is 0 Å². The molecule has 0 bridgehead atoms. The Labute approximate surface area is 125 Å². The van der Waals surface area contributed by atoms with Crippen LogP contribution in [-0.4, -0.2) is 29.2 Å². The molecule has 6 heteroatoms. The summed E-state index contributed by atoms with van der Waals surface area (Å²) >= 11 is 0. The van der Waals surface area contributed by atoms with Crippen LogP contribution in [-0.2, 0) is 11.3 Å². The molecule has 1 heterocycles. The van der Waals surface area contributed by atoms with Crippen LogP contribution in [0, 0.1) is 5.92 Å². The second-order valence-electron chi connectivity index (χ2n) is 6.28. The number of amides is 1. The van der Waals surface area contributed by atoms with E-state index in [1.165, 1.54) is 4.57 Å². The molecule has 21 heavy (non-hydrogen) atoms. The number of aromatic nitrogens is 1. The fourth-order valence-corrected chi connectivity index (χ4v) is 1.70. The summed E-state index contributed by atoms with van der Waals surface area (Å²) in [5, 5.41) is 2.73. The fraction of sp³-hybridized carbons (Fsp3) is 0.600. The Bertz CT molecular complexity index is 530. The largest absolute Gasteiger partial charge is 0.478 e. The van der Waals surface area contributed by atoms with E-state index in [1.54, 1.807) is 18.3 Å². The molecule has 6 nitrogen and oxygen atoms in total. The predicted octanol–water partition coefficient (Wildman–Crippen LogP) is 0.737. The van der Waals surface area contributed by atoms with E-state index < -0.39 is 5.54 Å². The first kappa shape index (κ1) is 17.2. The maximum absolute atomic E-state index is 12.2. The number of ether oxygens (including phenoxy) is 1. The Hall–Kier alpha value is -1.82. The second kappa shape index (κ2) is 7.26. The lowest BCUT2D eigenvalue weighted by atomic mass is 10.1. The van der Waals surface area contributed by atoms with Gasteiger partial charge in [0.2, 0.25) is 0 Å². The van der Waals surface area contributed by atoms with Gasteiger partial charge in [0.25, 0.3) is 11.5 Å². The van der Waals surface area contributed by atoms with Gasteiger partial charge in [-0.25, -0.2) is 0 Å². The zero-order valence-electron chi connectivity index (χ0n) is 13.2. The lowest BCUT2D eigenvalue weighted by molar-refractivity contribution is -0.123. The number of rotatable bonds is 7. The summed E-state index contributed by atoms with van der Waals surface area (Å²) in [7, 11) is 0. The molecular formula is C15H25N3O3. The van der Waals surface area contributed by atoms with Crippen molar-refractivity contribution in [3.05, 3.63) is 28.7 Å². The molecule has 0 aliphatic heterocycles. The average Bonchev–Trinajstić information content (AvgIpc) is 2.36. The minimum absolute atomic E-state index is 0.154. The van der Waals surface area contributed by atoms with E-state index in [1.807, 2.05) is 27.7 Å². The zero-order valence-corrected chi connectivity index (χ0v) is 13.2. The van der Waals surface area contributed by atoms with E-state index in [9.17, 15) is 9.59 Å². The van der Waals surface area contributed by atoms with E-state index in [2.05, 4.69) is 5.32 Å². The lowest BCUT2D eigenvalue weighted by Crippen LogP contribution is -2.40. The fourth-order valence-electron chi connectivity index (χ4n) is 1.70. The van der Waals surface area contributed by atoms with E-state index in [-0.39, 0.29) is 23.8 Å². The molecule has 0 fully saturated rings. The molecule has 0 aromatic carbocycles. The van der Waals surface area contributed by atoms with Gasteiger partial charge in [0.1, 0.15) is 0 Å². The number of nitrogens with zero attached hydrogens (tertiary/aromatic N) is 1. The molecule has 0 saturated carbocycles. The van der Waals surface area contributed by atoms with Crippen molar-refractivity contribution in [2.45, 2.75) is 39.8 Å². The molecule has 1 aromatic heterocycles. The van der Waals surface area contributed by atoms with E-state index >= 15 is 0 Å². The monoisotopic (exact) mass is 295 g/mol. The van der Waals surface area contributed by atoms with Crippen molar-refractivity contribution in [1.29, 1.82) is 0 Å². The van der Waals surface area contributed by atoms with E-state index in [0.29, 0.717) is 19.0 Å². The van der Waals surface area contributed by atoms with Crippen LogP contribution in [0.15, 0.2) is 23.1 Å². The molecule has 0 aliphatic rings. The van der Waals surface area contributed by atoms with E-state index in [4.69, 9.17) is 10.5 Å². The highest BCUT2D eigenvalue weighted by molar-refractivity contribution is 5.77. The van der Waals surface area contributed by atoms with Crippen LogP contribution in [0.4, 0.5) is 0 Å². The van der Waals surface area contributed by atoms with Gasteiger partial charge in [-0.1, -0.05) is 13.8 Å². The Kier molecular flexibility index (Phi) is 5.96. The SMILES string of the molecule is CC(C)CNC(=O)COc1cccn(CC(C)(C)N)c1=O. The third-order valence-electron chi connectivity index (χ3n) is 2.63. The van der Waals surface area contributed by atoms with Crippen LogP contribution < -0.4 is 21.3 Å². The second-order valence-corrected chi connectivity index (χ2v) is 6.28. The van der Waals surface area contributed by atoms with Crippen molar-refractivity contribution in [3.8, 4) is 5.75 Å². The first-order chi connectivity index (χ1) is 9.69. The molecule has 0 unspecified atom stereocenters. The Morgan fingerprint density at radius 3 is 2.71 bits per heavy atom. The van der Waals surface area contributed by atoms with Crippen molar-refractivity contribution < 1.29 is 9.53 Å². The van der Waals surface area contributed by atoms with Gasteiger partial charge in [-0.2, -0.15) is 0 Å². The highest BCUT2D eigenvalue weighted by atomic mass is 16.5. The lowest BCUT2D eigenvalue weighted by Gasteiger charge is -2.20. The Balaban J connectivity index is 2.66. The molecule has 118 valence electrons. The highest BCUT2D eigenvalue weighted by Gasteiger charge is 2.14. The van der Waals surface area contributed by atoms with Gasteiger partial charge < -0.3 is 20.4 Å². The Morgan fingerprint density at radius 1 is 1.48 bits per heavy atom. The van der Waals surface area contributed by atoms with Gasteiger partial charge in [-0.3, -0.25) is 9.59 Å². The first-order valence-electron chi connectivity index (χ1n) is 7.07. The maximum atomic E-state index is 12.2. The minimum Gasteiger partial charge on any atom is -0.478 e. The molecule has 0 radical (unpaired) electrons. The van der Waals surface area contributed by atoms with E-state index in [0.717, 1.165) is 0 Å². The summed E-state index contributed by atoms with van der Waals surface area (Å²) in [4.78, 5) is 23.8. The summed E-state index contributed by atoms with van der Waals surface area (Å²) in [6.07, 6.45) is 1.66. The average molecular weight is 295 g/mol. The third-order valence-corrected chi connectivity index (χ3v) is 2.63. The predicted molar refractivity (Wildman–Crippen MR) is 82.3 cm³/mol. The summed E-state index contributed by atoms with van der Waals surface area (Å²) < 4.78 is 6.79. The third kappa shape index (κ3) is 6.44. The van der Waals surface area contributed by atoms with Crippen LogP contribution in [0.1, 0.15) is 27.7 Å². The minimum atomic E-state index is -0.503. The van der Waals surface area contributed by atoms with Crippen molar-refractivity contribution in [2.75, 3.05) is 13.2 Å². The van der Waals surface area contributed by atoms with Crippen molar-refractivity contribution in [1.82, 2.24) is 9.88 Å². The van der Waals surface area contributed by atoms with Gasteiger partial charge in [-0.05, 0) is 31.9 Å². The van der Waals surface area contributed by atoms with Crippen LogP contribution in [0.25, 0.3) is 0 Å². The normalized spacial score (nSPS) is 11.5. The molecule has 0 atom stereocenters. The van der Waals surface area contributed by atoms with Crippen LogP contribution in [0.3, 0.4) is 0 Å². The standard InChI is InChI=1S/C15H25N3O3/c1-11(2)8-17-13(19)9-21-12-6-5-7-18(14(12)20)10-15(3,4)16/h5-7,11H,8-10,16H2,1-4H3,(H,17,19). The number of pyridine rings is 1. The molecule has 3 N–H and O–H groups in total. The molecule has 0 saturated heterocycles. The first-order valence-corrected chi connectivity index (χ1v) is 7.07. The number of nitrogens with one attached hydrogen (secondary N) is 1. The number of hydrogen-bond acceptors (Lipinski definition) is 4. The van der Waals surface area contributed by atoms with Gasteiger partial charge in [0.15, 0.2) is 12.4 Å². The molecule has 1 amide bonds. The number of nitrogens with two attached hydrogens (primary N) is 1. The smallest absolute Gasteiger partial charge is 0.292 e. The maximum Gasteiger partial charge on any atom is 0.292 e. The van der Waals surface area contributed by atoms with Gasteiger partial charge >= 0.3 is 0 Å². The van der Waals surface area contributed by atoms with Gasteiger partial charge in [0, 0.05) is 24.8 Å². The number of carbonyl (C=O) groups is 1. The summed E-state index contributed by atoms with van der Waals surface area (Å²) in [6, 6.07) is 3.26. The summed E-state index contributed by atoms with van der Waals surface area (Å²) in [5.74, 6) is 0.286. The molecule has 0 aliphatic carbocycles. The quantitative estimate of drug-likeness (QED) is 0.776. The number of carbonyl (C=O) groups excluding carboxylic acids is 1. The zero-order chi connectivity index (χ0) is 16.0. The van der Waals surface area contributed by atoms with Crippen molar-refractivity contribution in [3.63, 3.8) is 0 Å². The van der Waals surface area contributed by atoms with Crippen molar-refractivity contribution >= 4 is 5.91 Å². The summed E-state index contributed by atoms with van der Waals surface area (Å²) in [6.45, 7) is 8.49. The molecule has 1 rings (SSSR count). The highest BCUT2D eigenvalue weighted by Crippen LogP contribution is 2.05. The molecular weight excluding hydrogens is 270 g/mol. The Morgan fingerprint density at radius 2 is 2.14 bits per heavy atom. The van der Waals surface area contributed by atoms with Crippen molar-refractivity contribution in [2.24, 2.45) is 11.7 Å². The van der Waals surface area contributed by atoms with Gasteiger partial charge in [0.05, 0.1) is 0 Å². The van der Waals surface area contributed by atoms with Gasteiger partial charge in [-0.15, -0.1) is 0 Å². The number of hydrogen-bond donors (Lipinski definition) is 2. The van der Waals surface area contributed by atoms with Crippen LogP contribution in [0.2, 0.25) is 0 Å². The molecule has 1 aromatic rings. The topological polar surface area (TPSA) is 86.3 Å². The molecule has 0 spiro atoms. The van der Waals surface area contributed by atoms with Crippen LogP contribution in [0.5, 0.6) is 5.75 Å².